The van der Waals surface area contributed by atoms with Crippen molar-refractivity contribution in [1.82, 2.24) is 10.6 Å². The zero-order valence-electron chi connectivity index (χ0n) is 16.4. The lowest BCUT2D eigenvalue weighted by atomic mass is 10.1. The van der Waals surface area contributed by atoms with E-state index in [1.54, 1.807) is 24.3 Å². The second-order valence-electron chi connectivity index (χ2n) is 6.67. The number of hydrogen-bond acceptors (Lipinski definition) is 5. The number of carboxylic acid groups (broad SMARTS) is 1. The van der Waals surface area contributed by atoms with E-state index >= 15 is 0 Å². The molecule has 1 aromatic carbocycles. The van der Waals surface area contributed by atoms with E-state index < -0.39 is 36.2 Å². The lowest BCUT2D eigenvalue weighted by molar-refractivity contribution is -0.142. The van der Waals surface area contributed by atoms with E-state index in [9.17, 15) is 24.6 Å². The molecule has 4 N–H and O–H groups in total. The summed E-state index contributed by atoms with van der Waals surface area (Å²) in [5, 5.41) is 23.8. The van der Waals surface area contributed by atoms with Crippen LogP contribution in [0.25, 0.3) is 0 Å². The largest absolute Gasteiger partial charge is 0.480 e. The molecule has 0 spiro atoms. The number of carbonyl (C=O) groups is 3. The summed E-state index contributed by atoms with van der Waals surface area (Å²) in [6.45, 7) is 3.39. The van der Waals surface area contributed by atoms with E-state index in [0.717, 1.165) is 24.8 Å². The average Bonchev–Trinajstić information content (AvgIpc) is 2.67. The minimum absolute atomic E-state index is 0.00992. The third-order valence-corrected chi connectivity index (χ3v) is 4.21. The van der Waals surface area contributed by atoms with Crippen LogP contribution in [-0.4, -0.2) is 46.4 Å². The van der Waals surface area contributed by atoms with Gasteiger partial charge in [-0.05, 0) is 18.9 Å². The Hall–Kier alpha value is -2.61. The summed E-state index contributed by atoms with van der Waals surface area (Å²) in [4.78, 5) is 35.7. The molecule has 2 amide bonds. The molecule has 1 rings (SSSR count). The minimum Gasteiger partial charge on any atom is -0.480 e. The summed E-state index contributed by atoms with van der Waals surface area (Å²) in [6.07, 6.45) is 1.73. The van der Waals surface area contributed by atoms with Crippen molar-refractivity contribution in [1.29, 1.82) is 0 Å². The van der Waals surface area contributed by atoms with Crippen LogP contribution in [-0.2, 0) is 20.9 Å². The maximum absolute atomic E-state index is 12.4. The van der Waals surface area contributed by atoms with Gasteiger partial charge in [0.25, 0.3) is 0 Å². The lowest BCUT2D eigenvalue weighted by Gasteiger charge is -2.23. The average molecular weight is 394 g/mol. The van der Waals surface area contributed by atoms with Gasteiger partial charge in [-0.25, -0.2) is 9.59 Å². The molecule has 0 aliphatic heterocycles. The van der Waals surface area contributed by atoms with E-state index in [-0.39, 0.29) is 13.0 Å². The maximum atomic E-state index is 12.4. The number of amides is 2. The molecule has 0 saturated heterocycles. The molecule has 0 radical (unpaired) electrons. The lowest BCUT2D eigenvalue weighted by Crippen LogP contribution is -2.55. The predicted octanol–water partition coefficient (Wildman–Crippen LogP) is 2.20. The number of benzene rings is 1. The molecule has 156 valence electrons. The van der Waals surface area contributed by atoms with Gasteiger partial charge in [-0.15, -0.1) is 0 Å². The van der Waals surface area contributed by atoms with Crippen LogP contribution in [0.15, 0.2) is 30.3 Å². The SMILES string of the molecule is CCCCCC[C@@H](NC(=O)[C@@H](NC(=O)OCc1ccccc1)[C@@H](C)O)C(=O)O. The molecule has 0 aromatic heterocycles. The van der Waals surface area contributed by atoms with Gasteiger partial charge < -0.3 is 25.6 Å². The van der Waals surface area contributed by atoms with Gasteiger partial charge in [0.05, 0.1) is 6.10 Å². The first-order chi connectivity index (χ1) is 13.3. The monoisotopic (exact) mass is 394 g/mol. The highest BCUT2D eigenvalue weighted by molar-refractivity contribution is 5.89. The Labute approximate surface area is 165 Å². The van der Waals surface area contributed by atoms with Gasteiger partial charge >= 0.3 is 12.1 Å². The first-order valence-electron chi connectivity index (χ1n) is 9.53. The van der Waals surface area contributed by atoms with Gasteiger partial charge in [0.2, 0.25) is 5.91 Å². The summed E-state index contributed by atoms with van der Waals surface area (Å²) in [5.74, 6) is -1.92. The predicted molar refractivity (Wildman–Crippen MR) is 104 cm³/mol. The topological polar surface area (TPSA) is 125 Å². The molecular formula is C20H30N2O6. The number of rotatable bonds is 12. The van der Waals surface area contributed by atoms with Crippen LogP contribution >= 0.6 is 0 Å². The van der Waals surface area contributed by atoms with E-state index in [4.69, 9.17) is 4.74 Å². The summed E-state index contributed by atoms with van der Waals surface area (Å²) in [7, 11) is 0. The Morgan fingerprint density at radius 3 is 2.32 bits per heavy atom. The number of aliphatic hydroxyl groups excluding tert-OH is 1. The zero-order valence-corrected chi connectivity index (χ0v) is 16.4. The fourth-order valence-corrected chi connectivity index (χ4v) is 2.59. The van der Waals surface area contributed by atoms with Crippen molar-refractivity contribution < 1.29 is 29.3 Å². The molecule has 0 aliphatic carbocycles. The summed E-state index contributed by atoms with van der Waals surface area (Å²) in [6, 6.07) is 6.60. The van der Waals surface area contributed by atoms with Crippen molar-refractivity contribution >= 4 is 18.0 Å². The van der Waals surface area contributed by atoms with Crippen LogP contribution in [0.4, 0.5) is 4.79 Å². The summed E-state index contributed by atoms with van der Waals surface area (Å²) >= 11 is 0. The van der Waals surface area contributed by atoms with Gasteiger partial charge in [0.1, 0.15) is 18.7 Å². The molecule has 3 atom stereocenters. The molecule has 0 saturated carbocycles. The van der Waals surface area contributed by atoms with Crippen LogP contribution in [0.1, 0.15) is 51.5 Å². The van der Waals surface area contributed by atoms with Gasteiger partial charge in [-0.2, -0.15) is 0 Å². The smallest absolute Gasteiger partial charge is 0.408 e. The van der Waals surface area contributed by atoms with Crippen LogP contribution in [0.3, 0.4) is 0 Å². The molecule has 28 heavy (non-hydrogen) atoms. The van der Waals surface area contributed by atoms with E-state index in [1.165, 1.54) is 6.92 Å². The second-order valence-corrected chi connectivity index (χ2v) is 6.67. The zero-order chi connectivity index (χ0) is 20.9. The van der Waals surface area contributed by atoms with Crippen molar-refractivity contribution in [3.8, 4) is 0 Å². The van der Waals surface area contributed by atoms with Crippen molar-refractivity contribution in [2.45, 2.75) is 70.7 Å². The van der Waals surface area contributed by atoms with E-state index in [0.29, 0.717) is 6.42 Å². The second kappa shape index (κ2) is 12.7. The van der Waals surface area contributed by atoms with Crippen molar-refractivity contribution in [2.75, 3.05) is 0 Å². The van der Waals surface area contributed by atoms with Crippen molar-refractivity contribution in [3.05, 3.63) is 35.9 Å². The van der Waals surface area contributed by atoms with Crippen LogP contribution < -0.4 is 10.6 Å². The Kier molecular flexibility index (Phi) is 10.6. The van der Waals surface area contributed by atoms with Crippen molar-refractivity contribution in [2.24, 2.45) is 0 Å². The molecule has 0 unspecified atom stereocenters. The summed E-state index contributed by atoms with van der Waals surface area (Å²) < 4.78 is 5.05. The Morgan fingerprint density at radius 1 is 1.07 bits per heavy atom. The quantitative estimate of drug-likeness (QED) is 0.403. The summed E-state index contributed by atoms with van der Waals surface area (Å²) in [5.41, 5.74) is 0.772. The Balaban J connectivity index is 2.58. The maximum Gasteiger partial charge on any atom is 0.408 e. The number of aliphatic carboxylic acids is 1. The number of unbranched alkanes of at least 4 members (excludes halogenated alkanes) is 3. The first-order valence-corrected chi connectivity index (χ1v) is 9.53. The molecule has 0 fully saturated rings. The molecule has 0 heterocycles. The highest BCUT2D eigenvalue weighted by Gasteiger charge is 2.29. The highest BCUT2D eigenvalue weighted by atomic mass is 16.5. The Morgan fingerprint density at radius 2 is 1.75 bits per heavy atom. The number of aliphatic hydroxyl groups is 1. The van der Waals surface area contributed by atoms with Crippen LogP contribution in [0.5, 0.6) is 0 Å². The number of ether oxygens (including phenoxy) is 1. The number of alkyl carbamates (subject to hydrolysis) is 1. The fourth-order valence-electron chi connectivity index (χ4n) is 2.59. The number of nitrogens with one attached hydrogen (secondary N) is 2. The minimum atomic E-state index is -1.32. The number of carbonyl (C=O) groups excluding carboxylic acids is 2. The fraction of sp³-hybridized carbons (Fsp3) is 0.550. The third kappa shape index (κ3) is 8.85. The van der Waals surface area contributed by atoms with E-state index in [1.807, 2.05) is 13.0 Å². The molecule has 8 nitrogen and oxygen atoms in total. The molecule has 0 bridgehead atoms. The standard InChI is InChI=1S/C20H30N2O6/c1-3-4-5-9-12-16(19(25)26)21-18(24)17(14(2)23)22-20(27)28-13-15-10-7-6-8-11-15/h6-8,10-11,14,16-17,23H,3-5,9,12-13H2,1-2H3,(H,21,24)(H,22,27)(H,25,26)/t14-,16-,17+/m1/s1. The molecule has 1 aromatic rings. The number of carboxylic acids is 1. The molecule has 8 heteroatoms. The van der Waals surface area contributed by atoms with Crippen molar-refractivity contribution in [3.63, 3.8) is 0 Å². The van der Waals surface area contributed by atoms with Crippen LogP contribution in [0.2, 0.25) is 0 Å². The first kappa shape index (κ1) is 23.4. The number of hydrogen-bond donors (Lipinski definition) is 4. The Bertz CT molecular complexity index is 620. The van der Waals surface area contributed by atoms with Gasteiger partial charge in [-0.1, -0.05) is 62.9 Å². The van der Waals surface area contributed by atoms with E-state index in [2.05, 4.69) is 10.6 Å². The van der Waals surface area contributed by atoms with Crippen LogP contribution in [0, 0.1) is 0 Å². The van der Waals surface area contributed by atoms with Gasteiger partial charge in [-0.3, -0.25) is 4.79 Å². The normalized spacial score (nSPS) is 13.8. The molecular weight excluding hydrogens is 364 g/mol. The third-order valence-electron chi connectivity index (χ3n) is 4.21. The van der Waals surface area contributed by atoms with Gasteiger partial charge in [0.15, 0.2) is 0 Å². The molecule has 0 aliphatic rings. The highest BCUT2D eigenvalue weighted by Crippen LogP contribution is 2.07. The van der Waals surface area contributed by atoms with Gasteiger partial charge in [0, 0.05) is 0 Å².